The summed E-state index contributed by atoms with van der Waals surface area (Å²) in [7, 11) is -3.24. The minimum absolute atomic E-state index is 0.0199. The summed E-state index contributed by atoms with van der Waals surface area (Å²) in [5, 5.41) is 9.11. The van der Waals surface area contributed by atoms with Crippen LogP contribution in [0.4, 0.5) is 0 Å². The van der Waals surface area contributed by atoms with Gasteiger partial charge in [-0.3, -0.25) is 0 Å². The number of aliphatic hydroxyl groups is 1. The standard InChI is InChI=1S/C5H10BrIO3S/c1-3-11(9,10)5(6,7)4(2)8/h4,8H,3H2,1-2H3/t4-,5-/m0/s1. The van der Waals surface area contributed by atoms with Crippen LogP contribution in [0.2, 0.25) is 0 Å². The van der Waals surface area contributed by atoms with Crippen molar-refractivity contribution >= 4 is 48.4 Å². The number of rotatable bonds is 3. The molecule has 0 aromatic carbocycles. The fourth-order valence-electron chi connectivity index (χ4n) is 0.452. The third kappa shape index (κ3) is 2.53. The smallest absolute Gasteiger partial charge is 0.202 e. The van der Waals surface area contributed by atoms with Crippen LogP contribution in [0.3, 0.4) is 0 Å². The monoisotopic (exact) mass is 356 g/mol. The van der Waals surface area contributed by atoms with Gasteiger partial charge in [0.05, 0.1) is 6.10 Å². The fourth-order valence-corrected chi connectivity index (χ4v) is 2.98. The normalized spacial score (nSPS) is 20.8. The number of sulfone groups is 1. The molecular weight excluding hydrogens is 347 g/mol. The first kappa shape index (κ1) is 12.1. The van der Waals surface area contributed by atoms with Crippen LogP contribution < -0.4 is 0 Å². The Kier molecular flexibility index (Phi) is 4.28. The summed E-state index contributed by atoms with van der Waals surface area (Å²) >= 11 is 4.66. The van der Waals surface area contributed by atoms with Crippen molar-refractivity contribution in [3.8, 4) is 0 Å². The molecule has 0 aromatic rings. The maximum Gasteiger partial charge on any atom is 0.202 e. The second-order valence-electron chi connectivity index (χ2n) is 2.14. The summed E-state index contributed by atoms with van der Waals surface area (Å²) in [6.07, 6.45) is -0.923. The van der Waals surface area contributed by atoms with Crippen LogP contribution in [0.5, 0.6) is 0 Å². The van der Waals surface area contributed by atoms with Gasteiger partial charge in [0.15, 0.2) is 9.84 Å². The summed E-state index contributed by atoms with van der Waals surface area (Å²) in [5.41, 5.74) is 0. The fraction of sp³-hybridized carbons (Fsp3) is 1.00. The molecule has 0 fully saturated rings. The second-order valence-corrected chi connectivity index (χ2v) is 10.3. The zero-order valence-electron chi connectivity index (χ0n) is 6.21. The van der Waals surface area contributed by atoms with Gasteiger partial charge in [0.2, 0.25) is 1.66 Å². The lowest BCUT2D eigenvalue weighted by Gasteiger charge is -2.22. The molecule has 0 aliphatic carbocycles. The molecule has 1 N–H and O–H groups in total. The van der Waals surface area contributed by atoms with Crippen molar-refractivity contribution in [3.63, 3.8) is 0 Å². The van der Waals surface area contributed by atoms with Gasteiger partial charge in [-0.15, -0.1) is 0 Å². The largest absolute Gasteiger partial charge is 0.390 e. The molecule has 0 aliphatic heterocycles. The summed E-state index contributed by atoms with van der Waals surface area (Å²) in [5.74, 6) is 0.0199. The average molecular weight is 357 g/mol. The lowest BCUT2D eigenvalue weighted by molar-refractivity contribution is 0.208. The summed E-state index contributed by atoms with van der Waals surface area (Å²) in [4.78, 5) is 0. The first-order valence-corrected chi connectivity index (χ1v) is 6.56. The van der Waals surface area contributed by atoms with Gasteiger partial charge >= 0.3 is 0 Å². The molecule has 0 heterocycles. The van der Waals surface area contributed by atoms with Crippen LogP contribution in [0.15, 0.2) is 0 Å². The maximum absolute atomic E-state index is 11.2. The van der Waals surface area contributed by atoms with Crippen LogP contribution in [-0.2, 0) is 9.84 Å². The van der Waals surface area contributed by atoms with Gasteiger partial charge in [-0.05, 0) is 29.5 Å². The van der Waals surface area contributed by atoms with Gasteiger partial charge in [0, 0.05) is 5.75 Å². The predicted molar refractivity (Wildman–Crippen MR) is 56.8 cm³/mol. The van der Waals surface area contributed by atoms with Crippen molar-refractivity contribution < 1.29 is 13.5 Å². The van der Waals surface area contributed by atoms with Crippen LogP contribution >= 0.6 is 38.5 Å². The number of alkyl halides is 2. The summed E-state index contributed by atoms with van der Waals surface area (Å²) in [6, 6.07) is 0. The van der Waals surface area contributed by atoms with Crippen LogP contribution in [0.25, 0.3) is 0 Å². The van der Waals surface area contributed by atoms with Crippen molar-refractivity contribution in [1.29, 1.82) is 0 Å². The molecule has 0 bridgehead atoms. The van der Waals surface area contributed by atoms with Gasteiger partial charge in [0.1, 0.15) is 0 Å². The number of hydrogen-bond acceptors (Lipinski definition) is 3. The van der Waals surface area contributed by atoms with Gasteiger partial charge in [0.25, 0.3) is 0 Å². The Bertz CT molecular complexity index is 222. The topological polar surface area (TPSA) is 54.4 Å². The van der Waals surface area contributed by atoms with Gasteiger partial charge in [-0.1, -0.05) is 22.9 Å². The number of aliphatic hydroxyl groups excluding tert-OH is 1. The molecule has 68 valence electrons. The van der Waals surface area contributed by atoms with Crippen molar-refractivity contribution in [1.82, 2.24) is 0 Å². The maximum atomic E-state index is 11.2. The summed E-state index contributed by atoms with van der Waals surface area (Å²) in [6.45, 7) is 2.99. The Morgan fingerprint density at radius 3 is 2.18 bits per heavy atom. The molecule has 0 saturated heterocycles. The Morgan fingerprint density at radius 2 is 2.09 bits per heavy atom. The zero-order chi connectivity index (χ0) is 9.28. The molecule has 0 spiro atoms. The molecule has 0 rings (SSSR count). The van der Waals surface area contributed by atoms with E-state index < -0.39 is 17.6 Å². The Labute approximate surface area is 88.7 Å². The van der Waals surface area contributed by atoms with Crippen LogP contribution in [0, 0.1) is 0 Å². The van der Waals surface area contributed by atoms with E-state index in [0.29, 0.717) is 0 Å². The van der Waals surface area contributed by atoms with Gasteiger partial charge < -0.3 is 5.11 Å². The second kappa shape index (κ2) is 3.89. The molecule has 0 saturated carbocycles. The molecule has 0 radical (unpaired) electrons. The Hall–Kier alpha value is 1.12. The van der Waals surface area contributed by atoms with E-state index in [4.69, 9.17) is 5.11 Å². The van der Waals surface area contributed by atoms with E-state index in [1.165, 1.54) is 6.92 Å². The molecule has 11 heavy (non-hydrogen) atoms. The minimum atomic E-state index is -3.24. The van der Waals surface area contributed by atoms with Crippen LogP contribution in [0.1, 0.15) is 13.8 Å². The number of hydrogen-bond donors (Lipinski definition) is 1. The molecule has 2 atom stereocenters. The average Bonchev–Trinajstić information content (AvgIpc) is 1.87. The third-order valence-corrected chi connectivity index (χ3v) is 8.27. The van der Waals surface area contributed by atoms with Crippen molar-refractivity contribution in [2.45, 2.75) is 21.6 Å². The Morgan fingerprint density at radius 1 is 1.73 bits per heavy atom. The van der Waals surface area contributed by atoms with Gasteiger partial charge in [-0.25, -0.2) is 8.42 Å². The molecule has 0 unspecified atom stereocenters. The molecule has 0 aromatic heterocycles. The highest BCUT2D eigenvalue weighted by molar-refractivity contribution is 14.1. The zero-order valence-corrected chi connectivity index (χ0v) is 10.8. The molecule has 3 nitrogen and oxygen atoms in total. The summed E-state index contributed by atoms with van der Waals surface area (Å²) < 4.78 is 21.3. The minimum Gasteiger partial charge on any atom is -0.390 e. The van der Waals surface area contributed by atoms with Gasteiger partial charge in [-0.2, -0.15) is 0 Å². The molecule has 0 aliphatic rings. The highest BCUT2D eigenvalue weighted by Crippen LogP contribution is 2.37. The van der Waals surface area contributed by atoms with E-state index >= 15 is 0 Å². The predicted octanol–water partition coefficient (Wildman–Crippen LogP) is 1.29. The van der Waals surface area contributed by atoms with Crippen LogP contribution in [-0.4, -0.2) is 27.0 Å². The lowest BCUT2D eigenvalue weighted by atomic mass is 10.5. The van der Waals surface area contributed by atoms with E-state index in [1.807, 2.05) is 0 Å². The first-order chi connectivity index (χ1) is 4.75. The van der Waals surface area contributed by atoms with Crippen molar-refractivity contribution in [2.24, 2.45) is 0 Å². The number of halogens is 2. The molecule has 0 amide bonds. The quantitative estimate of drug-likeness (QED) is 0.612. The van der Waals surface area contributed by atoms with Crippen molar-refractivity contribution in [2.75, 3.05) is 5.75 Å². The molecule has 6 heteroatoms. The van der Waals surface area contributed by atoms with E-state index in [1.54, 1.807) is 29.5 Å². The molecular formula is C5H10BrIO3S. The third-order valence-electron chi connectivity index (χ3n) is 1.28. The van der Waals surface area contributed by atoms with E-state index in [-0.39, 0.29) is 5.75 Å². The van der Waals surface area contributed by atoms with E-state index in [9.17, 15) is 8.42 Å². The Balaban J connectivity index is 4.85. The first-order valence-electron chi connectivity index (χ1n) is 3.04. The highest BCUT2D eigenvalue weighted by atomic mass is 127. The SMILES string of the molecule is CCS(=O)(=O)[C@@](Br)(I)[C@H](C)O. The van der Waals surface area contributed by atoms with E-state index in [0.717, 1.165) is 0 Å². The van der Waals surface area contributed by atoms with Crippen molar-refractivity contribution in [3.05, 3.63) is 0 Å². The highest BCUT2D eigenvalue weighted by Gasteiger charge is 2.41. The lowest BCUT2D eigenvalue weighted by Crippen LogP contribution is -2.37. The van der Waals surface area contributed by atoms with E-state index in [2.05, 4.69) is 15.9 Å².